The third kappa shape index (κ3) is 4.65. The molecule has 0 spiro atoms. The van der Waals surface area contributed by atoms with Crippen LogP contribution in [0.4, 0.5) is 10.8 Å². The summed E-state index contributed by atoms with van der Waals surface area (Å²) in [5.74, 6) is 0.447. The van der Waals surface area contributed by atoms with Crippen LogP contribution in [0.1, 0.15) is 25.0 Å². The number of amides is 1. The highest BCUT2D eigenvalue weighted by Gasteiger charge is 2.11. The van der Waals surface area contributed by atoms with Crippen molar-refractivity contribution in [2.24, 2.45) is 0 Å². The van der Waals surface area contributed by atoms with E-state index < -0.39 is 0 Å². The molecule has 0 fully saturated rings. The second-order valence-electron chi connectivity index (χ2n) is 6.09. The van der Waals surface area contributed by atoms with E-state index in [1.165, 1.54) is 11.3 Å². The van der Waals surface area contributed by atoms with Gasteiger partial charge in [-0.25, -0.2) is 4.98 Å². The van der Waals surface area contributed by atoms with Crippen molar-refractivity contribution in [3.8, 4) is 17.0 Å². The van der Waals surface area contributed by atoms with Crippen LogP contribution in [0.25, 0.3) is 11.3 Å². The Labute approximate surface area is 163 Å². The van der Waals surface area contributed by atoms with E-state index in [-0.39, 0.29) is 12.5 Å². The van der Waals surface area contributed by atoms with Gasteiger partial charge in [0.25, 0.3) is 5.91 Å². The molecular weight excluding hydrogens is 358 g/mol. The van der Waals surface area contributed by atoms with E-state index in [4.69, 9.17) is 10.5 Å². The minimum absolute atomic E-state index is 0.0517. The van der Waals surface area contributed by atoms with Gasteiger partial charge in [-0.1, -0.05) is 44.2 Å². The summed E-state index contributed by atoms with van der Waals surface area (Å²) in [6, 6.07) is 13.6. The number of para-hydroxylation sites is 1. The number of hydrogen-bond donors (Lipinski definition) is 2. The molecule has 0 aliphatic carbocycles. The Balaban J connectivity index is 1.67. The Morgan fingerprint density at radius 3 is 2.48 bits per heavy atom. The molecule has 3 rings (SSSR count). The monoisotopic (exact) mass is 381 g/mol. The topological polar surface area (TPSA) is 77.2 Å². The van der Waals surface area contributed by atoms with Gasteiger partial charge in [0.1, 0.15) is 5.75 Å². The first-order valence-corrected chi connectivity index (χ1v) is 9.83. The van der Waals surface area contributed by atoms with E-state index in [2.05, 4.69) is 24.1 Å². The molecule has 0 bridgehead atoms. The van der Waals surface area contributed by atoms with Gasteiger partial charge in [0.05, 0.1) is 5.69 Å². The Morgan fingerprint density at radius 2 is 1.85 bits per heavy atom. The third-order valence-electron chi connectivity index (χ3n) is 4.28. The predicted octanol–water partition coefficient (Wildman–Crippen LogP) is 4.53. The van der Waals surface area contributed by atoms with Crippen molar-refractivity contribution in [3.05, 3.63) is 59.0 Å². The lowest BCUT2D eigenvalue weighted by atomic mass is 10.0. The van der Waals surface area contributed by atoms with Gasteiger partial charge in [-0.15, -0.1) is 11.3 Å². The fourth-order valence-electron chi connectivity index (χ4n) is 2.89. The molecule has 3 N–H and O–H groups in total. The maximum atomic E-state index is 12.4. The molecule has 3 aromatic rings. The van der Waals surface area contributed by atoms with Crippen LogP contribution in [-0.4, -0.2) is 17.5 Å². The maximum Gasteiger partial charge on any atom is 0.262 e. The summed E-state index contributed by atoms with van der Waals surface area (Å²) < 4.78 is 5.69. The first kappa shape index (κ1) is 18.9. The Bertz CT molecular complexity index is 914. The zero-order chi connectivity index (χ0) is 19.2. The van der Waals surface area contributed by atoms with Crippen LogP contribution in [0.2, 0.25) is 0 Å². The number of anilines is 2. The van der Waals surface area contributed by atoms with E-state index in [0.717, 1.165) is 40.9 Å². The van der Waals surface area contributed by atoms with Gasteiger partial charge in [0.2, 0.25) is 0 Å². The van der Waals surface area contributed by atoms with Crippen molar-refractivity contribution < 1.29 is 9.53 Å². The molecular formula is C21H23N3O2S. The van der Waals surface area contributed by atoms with Gasteiger partial charge in [0, 0.05) is 16.6 Å². The fourth-order valence-corrected chi connectivity index (χ4v) is 3.47. The SMILES string of the molecule is CCc1cccc(CC)c1NC(=O)COc1cccc(-c2csc(N)n2)c1. The minimum Gasteiger partial charge on any atom is -0.484 e. The number of aromatic nitrogens is 1. The van der Waals surface area contributed by atoms with Crippen LogP contribution in [0, 0.1) is 0 Å². The summed E-state index contributed by atoms with van der Waals surface area (Å²) >= 11 is 1.39. The van der Waals surface area contributed by atoms with Gasteiger partial charge in [0.15, 0.2) is 11.7 Å². The fraction of sp³-hybridized carbons (Fsp3) is 0.238. The Kier molecular flexibility index (Phi) is 6.08. The molecule has 0 saturated carbocycles. The lowest BCUT2D eigenvalue weighted by Gasteiger charge is -2.15. The van der Waals surface area contributed by atoms with Gasteiger partial charge in [-0.05, 0) is 36.1 Å². The summed E-state index contributed by atoms with van der Waals surface area (Å²) in [5.41, 5.74) is 10.6. The maximum absolute atomic E-state index is 12.4. The lowest BCUT2D eigenvalue weighted by Crippen LogP contribution is -2.21. The van der Waals surface area contributed by atoms with Crippen molar-refractivity contribution in [2.45, 2.75) is 26.7 Å². The van der Waals surface area contributed by atoms with Crippen molar-refractivity contribution in [1.29, 1.82) is 0 Å². The number of benzene rings is 2. The Morgan fingerprint density at radius 1 is 1.15 bits per heavy atom. The number of nitrogen functional groups attached to an aromatic ring is 1. The van der Waals surface area contributed by atoms with Crippen molar-refractivity contribution in [2.75, 3.05) is 17.7 Å². The van der Waals surface area contributed by atoms with Gasteiger partial charge in [-0.2, -0.15) is 0 Å². The van der Waals surface area contributed by atoms with Crippen LogP contribution < -0.4 is 15.8 Å². The second-order valence-corrected chi connectivity index (χ2v) is 6.98. The summed E-state index contributed by atoms with van der Waals surface area (Å²) in [6.45, 7) is 4.11. The first-order chi connectivity index (χ1) is 13.1. The highest BCUT2D eigenvalue weighted by atomic mass is 32.1. The molecule has 0 aliphatic rings. The highest BCUT2D eigenvalue weighted by Crippen LogP contribution is 2.26. The summed E-state index contributed by atoms with van der Waals surface area (Å²) in [4.78, 5) is 16.7. The minimum atomic E-state index is -0.172. The average Bonchev–Trinajstić information content (AvgIpc) is 3.13. The lowest BCUT2D eigenvalue weighted by molar-refractivity contribution is -0.118. The van der Waals surface area contributed by atoms with E-state index in [0.29, 0.717) is 10.9 Å². The number of ether oxygens (including phenoxy) is 1. The molecule has 0 aliphatic heterocycles. The number of carbonyl (C=O) groups excluding carboxylic acids is 1. The van der Waals surface area contributed by atoms with Gasteiger partial charge >= 0.3 is 0 Å². The van der Waals surface area contributed by atoms with Crippen molar-refractivity contribution >= 4 is 28.1 Å². The predicted molar refractivity (Wildman–Crippen MR) is 111 cm³/mol. The molecule has 1 amide bonds. The molecule has 140 valence electrons. The number of carbonyl (C=O) groups is 1. The molecule has 0 radical (unpaired) electrons. The van der Waals surface area contributed by atoms with E-state index in [1.807, 2.05) is 47.8 Å². The first-order valence-electron chi connectivity index (χ1n) is 8.95. The molecule has 5 nitrogen and oxygen atoms in total. The van der Waals surface area contributed by atoms with Crippen molar-refractivity contribution in [1.82, 2.24) is 4.98 Å². The number of nitrogens with one attached hydrogen (secondary N) is 1. The normalized spacial score (nSPS) is 10.6. The largest absolute Gasteiger partial charge is 0.484 e. The summed E-state index contributed by atoms with van der Waals surface area (Å²) in [7, 11) is 0. The highest BCUT2D eigenvalue weighted by molar-refractivity contribution is 7.13. The second kappa shape index (κ2) is 8.68. The van der Waals surface area contributed by atoms with Crippen LogP contribution in [0.5, 0.6) is 5.75 Å². The van der Waals surface area contributed by atoms with Crippen molar-refractivity contribution in [3.63, 3.8) is 0 Å². The number of nitrogens with two attached hydrogens (primary N) is 1. The third-order valence-corrected chi connectivity index (χ3v) is 4.96. The molecule has 1 heterocycles. The van der Waals surface area contributed by atoms with E-state index >= 15 is 0 Å². The standard InChI is InChI=1S/C21H23N3O2S/c1-3-14-7-5-8-15(4-2)20(14)24-19(25)12-26-17-10-6-9-16(11-17)18-13-27-21(22)23-18/h5-11,13H,3-4,12H2,1-2H3,(H2,22,23)(H,24,25). The number of rotatable bonds is 7. The Hall–Kier alpha value is -2.86. The van der Waals surface area contributed by atoms with E-state index in [9.17, 15) is 4.79 Å². The van der Waals surface area contributed by atoms with E-state index in [1.54, 1.807) is 0 Å². The molecule has 1 aromatic heterocycles. The zero-order valence-electron chi connectivity index (χ0n) is 15.5. The average molecular weight is 382 g/mol. The summed E-state index contributed by atoms with van der Waals surface area (Å²) in [6.07, 6.45) is 1.73. The molecule has 0 atom stereocenters. The quantitative estimate of drug-likeness (QED) is 0.630. The van der Waals surface area contributed by atoms with Crippen LogP contribution in [-0.2, 0) is 17.6 Å². The summed E-state index contributed by atoms with van der Waals surface area (Å²) in [5, 5.41) is 5.43. The molecule has 2 aromatic carbocycles. The van der Waals surface area contributed by atoms with Gasteiger partial charge < -0.3 is 15.8 Å². The van der Waals surface area contributed by atoms with Crippen LogP contribution in [0.3, 0.4) is 0 Å². The van der Waals surface area contributed by atoms with Crippen LogP contribution in [0.15, 0.2) is 47.8 Å². The number of thiazole rings is 1. The smallest absolute Gasteiger partial charge is 0.262 e. The zero-order valence-corrected chi connectivity index (χ0v) is 16.3. The molecule has 0 saturated heterocycles. The molecule has 27 heavy (non-hydrogen) atoms. The molecule has 0 unspecified atom stereocenters. The van der Waals surface area contributed by atoms with Crippen LogP contribution >= 0.6 is 11.3 Å². The number of aryl methyl sites for hydroxylation is 2. The molecule has 6 heteroatoms. The number of hydrogen-bond acceptors (Lipinski definition) is 5. The number of nitrogens with zero attached hydrogens (tertiary/aromatic N) is 1. The van der Waals surface area contributed by atoms with Gasteiger partial charge in [-0.3, -0.25) is 4.79 Å².